The van der Waals surface area contributed by atoms with Gasteiger partial charge in [0.15, 0.2) is 0 Å². The molecule has 1 amide bonds. The smallest absolute Gasteiger partial charge is 0.222 e. The lowest BCUT2D eigenvalue weighted by Crippen LogP contribution is -2.51. The van der Waals surface area contributed by atoms with Crippen LogP contribution < -0.4 is 5.32 Å². The molecule has 0 aliphatic carbocycles. The minimum atomic E-state index is 0.267. The summed E-state index contributed by atoms with van der Waals surface area (Å²) in [5.74, 6) is 0.267. The normalized spacial score (nSPS) is 21.7. The number of carbonyl (C=O) groups excluding carboxylic acids is 1. The van der Waals surface area contributed by atoms with Crippen LogP contribution in [0.4, 0.5) is 0 Å². The molecule has 1 fully saturated rings. The molecule has 0 radical (unpaired) electrons. The van der Waals surface area contributed by atoms with Crippen molar-refractivity contribution >= 4 is 5.91 Å². The van der Waals surface area contributed by atoms with E-state index in [9.17, 15) is 4.79 Å². The highest BCUT2D eigenvalue weighted by Gasteiger charge is 2.19. The summed E-state index contributed by atoms with van der Waals surface area (Å²) < 4.78 is 5.21. The van der Waals surface area contributed by atoms with Gasteiger partial charge in [0.2, 0.25) is 5.91 Å². The van der Waals surface area contributed by atoms with Crippen molar-refractivity contribution < 1.29 is 9.53 Å². The molecule has 88 valence electrons. The monoisotopic (exact) mass is 214 g/mol. The number of hydrogen-bond donors (Lipinski definition) is 1. The third-order valence-electron chi connectivity index (χ3n) is 2.60. The molecule has 1 N–H and O–H groups in total. The molecule has 1 aliphatic rings. The van der Waals surface area contributed by atoms with E-state index in [4.69, 9.17) is 4.74 Å². The maximum absolute atomic E-state index is 11.7. The standard InChI is InChI=1S/C11H22N2O2/c1-3-15-8-4-5-11(14)13-7-6-12-10(2)9-13/h10,12H,3-9H2,1-2H3/t10-/m0/s1. The Morgan fingerprint density at radius 2 is 2.40 bits per heavy atom. The molecule has 4 heteroatoms. The van der Waals surface area contributed by atoms with E-state index in [0.717, 1.165) is 32.7 Å². The first-order chi connectivity index (χ1) is 7.24. The van der Waals surface area contributed by atoms with Crippen LogP contribution >= 0.6 is 0 Å². The average molecular weight is 214 g/mol. The summed E-state index contributed by atoms with van der Waals surface area (Å²) in [6.07, 6.45) is 1.46. The van der Waals surface area contributed by atoms with E-state index in [-0.39, 0.29) is 5.91 Å². The number of carbonyl (C=O) groups is 1. The highest BCUT2D eigenvalue weighted by atomic mass is 16.5. The molecule has 1 rings (SSSR count). The van der Waals surface area contributed by atoms with E-state index in [1.807, 2.05) is 11.8 Å². The quantitative estimate of drug-likeness (QED) is 0.682. The number of piperazine rings is 1. The third kappa shape index (κ3) is 4.62. The van der Waals surface area contributed by atoms with Crippen LogP contribution in [0.15, 0.2) is 0 Å². The number of nitrogens with zero attached hydrogens (tertiary/aromatic N) is 1. The lowest BCUT2D eigenvalue weighted by Gasteiger charge is -2.32. The molecule has 0 aromatic heterocycles. The van der Waals surface area contributed by atoms with Crippen molar-refractivity contribution in [3.05, 3.63) is 0 Å². The number of amides is 1. The van der Waals surface area contributed by atoms with Gasteiger partial charge in [-0.25, -0.2) is 0 Å². The van der Waals surface area contributed by atoms with Gasteiger partial charge in [0.05, 0.1) is 0 Å². The zero-order valence-corrected chi connectivity index (χ0v) is 9.79. The summed E-state index contributed by atoms with van der Waals surface area (Å²) in [4.78, 5) is 13.7. The van der Waals surface area contributed by atoms with E-state index in [1.54, 1.807) is 0 Å². The fourth-order valence-corrected chi connectivity index (χ4v) is 1.79. The molecule has 15 heavy (non-hydrogen) atoms. The van der Waals surface area contributed by atoms with E-state index in [0.29, 0.717) is 19.1 Å². The summed E-state index contributed by atoms with van der Waals surface area (Å²) in [7, 11) is 0. The second-order valence-electron chi connectivity index (χ2n) is 4.00. The van der Waals surface area contributed by atoms with Gasteiger partial charge in [-0.05, 0) is 20.3 Å². The number of nitrogens with one attached hydrogen (secondary N) is 1. The molecule has 0 aromatic rings. The second-order valence-corrected chi connectivity index (χ2v) is 4.00. The Kier molecular flexibility index (Phi) is 5.65. The van der Waals surface area contributed by atoms with Gasteiger partial charge < -0.3 is 15.0 Å². The van der Waals surface area contributed by atoms with Gasteiger partial charge in [-0.15, -0.1) is 0 Å². The van der Waals surface area contributed by atoms with Gasteiger partial charge in [-0.1, -0.05) is 0 Å². The van der Waals surface area contributed by atoms with Gasteiger partial charge in [0, 0.05) is 45.3 Å². The van der Waals surface area contributed by atoms with Gasteiger partial charge in [-0.2, -0.15) is 0 Å². The Morgan fingerprint density at radius 1 is 1.60 bits per heavy atom. The summed E-state index contributed by atoms with van der Waals surface area (Å²) in [5.41, 5.74) is 0. The predicted molar refractivity (Wildman–Crippen MR) is 59.8 cm³/mol. The van der Waals surface area contributed by atoms with Gasteiger partial charge in [-0.3, -0.25) is 4.79 Å². The molecular weight excluding hydrogens is 192 g/mol. The summed E-state index contributed by atoms with van der Waals surface area (Å²) in [6, 6.07) is 0.426. The first kappa shape index (κ1) is 12.5. The Bertz CT molecular complexity index is 197. The van der Waals surface area contributed by atoms with Crippen LogP contribution in [0.3, 0.4) is 0 Å². The topological polar surface area (TPSA) is 41.6 Å². The zero-order chi connectivity index (χ0) is 11.1. The van der Waals surface area contributed by atoms with Crippen molar-refractivity contribution in [1.29, 1.82) is 0 Å². The molecule has 4 nitrogen and oxygen atoms in total. The SMILES string of the molecule is CCOCCCC(=O)N1CCN[C@@H](C)C1. The van der Waals surface area contributed by atoms with Crippen molar-refractivity contribution in [2.24, 2.45) is 0 Å². The minimum Gasteiger partial charge on any atom is -0.382 e. The highest BCUT2D eigenvalue weighted by Crippen LogP contribution is 2.03. The molecule has 1 heterocycles. The minimum absolute atomic E-state index is 0.267. The molecule has 1 aliphatic heterocycles. The van der Waals surface area contributed by atoms with E-state index < -0.39 is 0 Å². The molecule has 0 bridgehead atoms. The van der Waals surface area contributed by atoms with Crippen molar-refractivity contribution in [2.45, 2.75) is 32.7 Å². The molecule has 0 saturated carbocycles. The predicted octanol–water partition coefficient (Wildman–Crippen LogP) is 0.623. The van der Waals surface area contributed by atoms with Crippen LogP contribution in [0.1, 0.15) is 26.7 Å². The largest absolute Gasteiger partial charge is 0.382 e. The second kappa shape index (κ2) is 6.80. The Labute approximate surface area is 92.0 Å². The molecule has 0 spiro atoms. The number of rotatable bonds is 5. The molecular formula is C11H22N2O2. The zero-order valence-electron chi connectivity index (χ0n) is 9.79. The third-order valence-corrected chi connectivity index (χ3v) is 2.60. The first-order valence-electron chi connectivity index (χ1n) is 5.83. The molecule has 1 atom stereocenters. The van der Waals surface area contributed by atoms with Crippen LogP contribution in [0.25, 0.3) is 0 Å². The van der Waals surface area contributed by atoms with Gasteiger partial charge in [0.25, 0.3) is 0 Å². The van der Waals surface area contributed by atoms with E-state index in [2.05, 4.69) is 12.2 Å². The van der Waals surface area contributed by atoms with Crippen molar-refractivity contribution in [3.8, 4) is 0 Å². The summed E-state index contributed by atoms with van der Waals surface area (Å²) in [5, 5.41) is 3.32. The molecule has 1 saturated heterocycles. The molecule has 0 unspecified atom stereocenters. The lowest BCUT2D eigenvalue weighted by molar-refractivity contribution is -0.132. The summed E-state index contributed by atoms with van der Waals surface area (Å²) in [6.45, 7) is 8.12. The van der Waals surface area contributed by atoms with Crippen molar-refractivity contribution in [2.75, 3.05) is 32.8 Å². The maximum atomic E-state index is 11.7. The van der Waals surface area contributed by atoms with Crippen LogP contribution in [0, 0.1) is 0 Å². The number of hydrogen-bond acceptors (Lipinski definition) is 3. The Balaban J connectivity index is 2.15. The van der Waals surface area contributed by atoms with Crippen molar-refractivity contribution in [1.82, 2.24) is 10.2 Å². The van der Waals surface area contributed by atoms with E-state index in [1.165, 1.54) is 0 Å². The summed E-state index contributed by atoms with van der Waals surface area (Å²) >= 11 is 0. The van der Waals surface area contributed by atoms with Gasteiger partial charge >= 0.3 is 0 Å². The first-order valence-corrected chi connectivity index (χ1v) is 5.83. The Hall–Kier alpha value is -0.610. The maximum Gasteiger partial charge on any atom is 0.222 e. The van der Waals surface area contributed by atoms with Gasteiger partial charge in [0.1, 0.15) is 0 Å². The van der Waals surface area contributed by atoms with Crippen LogP contribution in [-0.2, 0) is 9.53 Å². The fourth-order valence-electron chi connectivity index (χ4n) is 1.79. The van der Waals surface area contributed by atoms with Crippen LogP contribution in [-0.4, -0.2) is 49.7 Å². The van der Waals surface area contributed by atoms with Crippen LogP contribution in [0.5, 0.6) is 0 Å². The Morgan fingerprint density at radius 3 is 3.07 bits per heavy atom. The molecule has 0 aromatic carbocycles. The highest BCUT2D eigenvalue weighted by molar-refractivity contribution is 5.76. The van der Waals surface area contributed by atoms with Crippen molar-refractivity contribution in [3.63, 3.8) is 0 Å². The fraction of sp³-hybridized carbons (Fsp3) is 0.909. The lowest BCUT2D eigenvalue weighted by atomic mass is 10.2. The van der Waals surface area contributed by atoms with E-state index >= 15 is 0 Å². The number of ether oxygens (including phenoxy) is 1. The van der Waals surface area contributed by atoms with Crippen LogP contribution in [0.2, 0.25) is 0 Å². The average Bonchev–Trinajstić information content (AvgIpc) is 2.24.